The fourth-order valence-electron chi connectivity index (χ4n) is 1.67. The van der Waals surface area contributed by atoms with Crippen molar-refractivity contribution in [3.8, 4) is 0 Å². The summed E-state index contributed by atoms with van der Waals surface area (Å²) in [6.45, 7) is 1.79. The van der Waals surface area contributed by atoms with Crippen LogP contribution in [0.3, 0.4) is 0 Å². The van der Waals surface area contributed by atoms with Gasteiger partial charge in [-0.25, -0.2) is 4.79 Å². The van der Waals surface area contributed by atoms with Crippen molar-refractivity contribution in [2.24, 2.45) is 5.10 Å². The Morgan fingerprint density at radius 3 is 2.71 bits per heavy atom. The van der Waals surface area contributed by atoms with Crippen LogP contribution >= 0.6 is 0 Å². The first kappa shape index (κ1) is 11.4. The Morgan fingerprint density at radius 2 is 2.00 bits per heavy atom. The van der Waals surface area contributed by atoms with E-state index in [0.717, 1.165) is 5.39 Å². The highest BCUT2D eigenvalue weighted by atomic mass is 16.4. The van der Waals surface area contributed by atoms with Crippen LogP contribution in [0.15, 0.2) is 44.6 Å². The van der Waals surface area contributed by atoms with E-state index in [-0.39, 0.29) is 5.63 Å². The van der Waals surface area contributed by atoms with Crippen molar-refractivity contribution >= 4 is 16.7 Å². The summed E-state index contributed by atoms with van der Waals surface area (Å²) < 4.78 is 5.24. The van der Waals surface area contributed by atoms with Gasteiger partial charge in [-0.2, -0.15) is 5.10 Å². The predicted molar refractivity (Wildman–Crippen MR) is 68.4 cm³/mol. The van der Waals surface area contributed by atoms with E-state index in [4.69, 9.17) is 4.42 Å². The molecule has 0 saturated carbocycles. The number of hydrogen-bond donors (Lipinski definition) is 0. The zero-order valence-electron chi connectivity index (χ0n) is 10.1. The quantitative estimate of drug-likeness (QED) is 0.451. The standard InChI is InChI=1S/C13H14N2O2/c1-9(14-15(2)3)11-8-10-6-4-5-7-12(10)17-13(11)16/h4-8H,1-3H3/b14-9+. The maximum Gasteiger partial charge on any atom is 0.345 e. The summed E-state index contributed by atoms with van der Waals surface area (Å²) in [5.41, 5.74) is 1.39. The molecule has 0 aliphatic carbocycles. The Labute approximate surface area is 99.2 Å². The van der Waals surface area contributed by atoms with E-state index in [2.05, 4.69) is 5.10 Å². The number of para-hydroxylation sites is 1. The number of fused-ring (bicyclic) bond motifs is 1. The van der Waals surface area contributed by atoms with E-state index in [1.165, 1.54) is 0 Å². The van der Waals surface area contributed by atoms with Crippen molar-refractivity contribution in [3.05, 3.63) is 46.3 Å². The number of benzene rings is 1. The van der Waals surface area contributed by atoms with E-state index in [9.17, 15) is 4.79 Å². The molecular formula is C13H14N2O2. The topological polar surface area (TPSA) is 45.8 Å². The lowest BCUT2D eigenvalue weighted by molar-refractivity contribution is 0.437. The molecule has 0 aliphatic heterocycles. The lowest BCUT2D eigenvalue weighted by Crippen LogP contribution is -2.15. The van der Waals surface area contributed by atoms with Crippen molar-refractivity contribution in [1.29, 1.82) is 0 Å². The molecule has 1 aromatic carbocycles. The van der Waals surface area contributed by atoms with Crippen molar-refractivity contribution in [1.82, 2.24) is 5.01 Å². The van der Waals surface area contributed by atoms with Gasteiger partial charge in [0.05, 0.1) is 11.3 Å². The van der Waals surface area contributed by atoms with Crippen LogP contribution in [0, 0.1) is 0 Å². The zero-order valence-corrected chi connectivity index (χ0v) is 10.1. The molecule has 0 spiro atoms. The molecule has 0 atom stereocenters. The fraction of sp³-hybridized carbons (Fsp3) is 0.231. The smallest absolute Gasteiger partial charge is 0.345 e. The molecule has 1 aromatic heterocycles. The number of rotatable bonds is 2. The SMILES string of the molecule is C/C(=N\N(C)C)c1cc2ccccc2oc1=O. The van der Waals surface area contributed by atoms with E-state index >= 15 is 0 Å². The second kappa shape index (κ2) is 4.41. The molecule has 0 bridgehead atoms. The molecule has 88 valence electrons. The zero-order chi connectivity index (χ0) is 12.4. The highest BCUT2D eigenvalue weighted by molar-refractivity contribution is 6.00. The van der Waals surface area contributed by atoms with E-state index in [1.54, 1.807) is 18.0 Å². The molecular weight excluding hydrogens is 216 g/mol. The van der Waals surface area contributed by atoms with Gasteiger partial charge in [-0.3, -0.25) is 0 Å². The second-order valence-corrected chi connectivity index (χ2v) is 4.02. The second-order valence-electron chi connectivity index (χ2n) is 4.02. The van der Waals surface area contributed by atoms with Gasteiger partial charge < -0.3 is 9.43 Å². The highest BCUT2D eigenvalue weighted by Gasteiger charge is 2.08. The first-order valence-electron chi connectivity index (χ1n) is 5.34. The summed E-state index contributed by atoms with van der Waals surface area (Å²) in [6.07, 6.45) is 0. The molecule has 0 radical (unpaired) electrons. The largest absolute Gasteiger partial charge is 0.422 e. The van der Waals surface area contributed by atoms with Gasteiger partial charge in [-0.1, -0.05) is 18.2 Å². The van der Waals surface area contributed by atoms with Crippen LogP contribution in [0.4, 0.5) is 0 Å². The Kier molecular flexibility index (Phi) is 2.95. The van der Waals surface area contributed by atoms with Crippen LogP contribution < -0.4 is 5.63 Å². The molecule has 0 aliphatic rings. The maximum atomic E-state index is 11.8. The molecule has 0 N–H and O–H groups in total. The molecule has 0 amide bonds. The summed E-state index contributed by atoms with van der Waals surface area (Å²) in [5.74, 6) is 0. The molecule has 0 fully saturated rings. The predicted octanol–water partition coefficient (Wildman–Crippen LogP) is 2.08. The third-order valence-electron chi connectivity index (χ3n) is 2.38. The Morgan fingerprint density at radius 1 is 1.29 bits per heavy atom. The summed E-state index contributed by atoms with van der Waals surface area (Å²) in [7, 11) is 3.62. The number of hydrazone groups is 1. The molecule has 4 nitrogen and oxygen atoms in total. The molecule has 0 unspecified atom stereocenters. The molecule has 17 heavy (non-hydrogen) atoms. The molecule has 1 heterocycles. The molecule has 2 aromatic rings. The van der Waals surface area contributed by atoms with Crippen molar-refractivity contribution in [2.45, 2.75) is 6.92 Å². The van der Waals surface area contributed by atoms with E-state index in [0.29, 0.717) is 16.9 Å². The van der Waals surface area contributed by atoms with Gasteiger partial charge in [-0.05, 0) is 19.1 Å². The minimum Gasteiger partial charge on any atom is -0.422 e. The van der Waals surface area contributed by atoms with Crippen LogP contribution in [0.25, 0.3) is 11.0 Å². The summed E-state index contributed by atoms with van der Waals surface area (Å²) in [4.78, 5) is 11.8. The van der Waals surface area contributed by atoms with Gasteiger partial charge in [-0.15, -0.1) is 0 Å². The molecule has 0 saturated heterocycles. The Hall–Kier alpha value is -2.10. The third-order valence-corrected chi connectivity index (χ3v) is 2.38. The average Bonchev–Trinajstić information content (AvgIpc) is 2.27. The Balaban J connectivity index is 2.63. The fourth-order valence-corrected chi connectivity index (χ4v) is 1.67. The summed E-state index contributed by atoms with van der Waals surface area (Å²) in [5, 5.41) is 6.76. The van der Waals surface area contributed by atoms with Crippen LogP contribution in [0.2, 0.25) is 0 Å². The first-order valence-corrected chi connectivity index (χ1v) is 5.34. The Bertz CT molecular complexity index is 627. The van der Waals surface area contributed by atoms with E-state index < -0.39 is 0 Å². The lowest BCUT2D eigenvalue weighted by atomic mass is 10.1. The van der Waals surface area contributed by atoms with Crippen molar-refractivity contribution in [2.75, 3.05) is 14.1 Å². The summed E-state index contributed by atoms with van der Waals surface area (Å²) >= 11 is 0. The molecule has 2 rings (SSSR count). The third kappa shape index (κ3) is 2.36. The summed E-state index contributed by atoms with van der Waals surface area (Å²) in [6, 6.07) is 9.24. The van der Waals surface area contributed by atoms with Crippen molar-refractivity contribution < 1.29 is 4.42 Å². The van der Waals surface area contributed by atoms with Gasteiger partial charge in [0.2, 0.25) is 0 Å². The average molecular weight is 230 g/mol. The van der Waals surface area contributed by atoms with Crippen LogP contribution in [-0.2, 0) is 0 Å². The minimum atomic E-state index is -0.355. The monoisotopic (exact) mass is 230 g/mol. The maximum absolute atomic E-state index is 11.8. The van der Waals surface area contributed by atoms with Gasteiger partial charge in [0.15, 0.2) is 0 Å². The number of nitrogens with zero attached hydrogens (tertiary/aromatic N) is 2. The van der Waals surface area contributed by atoms with Gasteiger partial charge >= 0.3 is 5.63 Å². The van der Waals surface area contributed by atoms with Crippen molar-refractivity contribution in [3.63, 3.8) is 0 Å². The van der Waals surface area contributed by atoms with E-state index in [1.807, 2.05) is 38.4 Å². The van der Waals surface area contributed by atoms with Gasteiger partial charge in [0.1, 0.15) is 5.58 Å². The lowest BCUT2D eigenvalue weighted by Gasteiger charge is -2.07. The van der Waals surface area contributed by atoms with Crippen LogP contribution in [-0.4, -0.2) is 24.8 Å². The van der Waals surface area contributed by atoms with Crippen LogP contribution in [0.1, 0.15) is 12.5 Å². The first-order chi connectivity index (χ1) is 8.08. The number of hydrogen-bond acceptors (Lipinski definition) is 4. The van der Waals surface area contributed by atoms with Gasteiger partial charge in [0.25, 0.3) is 0 Å². The normalized spacial score (nSPS) is 11.8. The van der Waals surface area contributed by atoms with Crippen LogP contribution in [0.5, 0.6) is 0 Å². The van der Waals surface area contributed by atoms with Gasteiger partial charge in [0, 0.05) is 19.5 Å². The minimum absolute atomic E-state index is 0.355. The highest BCUT2D eigenvalue weighted by Crippen LogP contribution is 2.13. The molecule has 4 heteroatoms.